The average Bonchev–Trinajstić information content (AvgIpc) is 2.85. The predicted octanol–water partition coefficient (Wildman–Crippen LogP) is 1.86. The minimum atomic E-state index is -0.341. The van der Waals surface area contributed by atoms with Crippen LogP contribution in [0, 0.1) is 0 Å². The van der Waals surface area contributed by atoms with Crippen LogP contribution in [0.2, 0.25) is 0 Å². The minimum Gasteiger partial charge on any atom is -0.282 e. The summed E-state index contributed by atoms with van der Waals surface area (Å²) in [5, 5.41) is 1.90. The molecule has 2 heterocycles. The van der Waals surface area contributed by atoms with Gasteiger partial charge in [-0.1, -0.05) is 24.3 Å². The molecule has 0 atom stereocenters. The molecule has 17 heavy (non-hydrogen) atoms. The molecule has 5 heteroatoms. The van der Waals surface area contributed by atoms with Crippen LogP contribution in [0.3, 0.4) is 0 Å². The molecule has 1 aromatic carbocycles. The highest BCUT2D eigenvalue weighted by Crippen LogP contribution is 2.26. The summed E-state index contributed by atoms with van der Waals surface area (Å²) in [5.41, 5.74) is 2.95. The van der Waals surface area contributed by atoms with Gasteiger partial charge in [-0.3, -0.25) is 19.9 Å². The second kappa shape index (κ2) is 3.85. The molecule has 0 radical (unpaired) electrons. The van der Waals surface area contributed by atoms with E-state index in [-0.39, 0.29) is 11.1 Å². The maximum absolute atomic E-state index is 11.4. The van der Waals surface area contributed by atoms with Crippen molar-refractivity contribution in [2.24, 2.45) is 4.99 Å². The molecule has 1 saturated heterocycles. The van der Waals surface area contributed by atoms with E-state index in [9.17, 15) is 9.59 Å². The zero-order chi connectivity index (χ0) is 11.8. The maximum Gasteiger partial charge on any atom is 0.290 e. The van der Waals surface area contributed by atoms with Gasteiger partial charge in [-0.25, -0.2) is 0 Å². The first-order valence-corrected chi connectivity index (χ1v) is 5.93. The van der Waals surface area contributed by atoms with E-state index in [1.807, 2.05) is 24.3 Å². The Labute approximate surface area is 102 Å². The van der Waals surface area contributed by atoms with Crippen LogP contribution in [0.1, 0.15) is 11.1 Å². The molecule has 1 aromatic rings. The van der Waals surface area contributed by atoms with Crippen molar-refractivity contribution in [2.45, 2.75) is 6.54 Å². The van der Waals surface area contributed by atoms with E-state index in [1.54, 1.807) is 6.08 Å². The van der Waals surface area contributed by atoms with Gasteiger partial charge in [-0.2, -0.15) is 0 Å². The van der Waals surface area contributed by atoms with E-state index in [4.69, 9.17) is 0 Å². The zero-order valence-electron chi connectivity index (χ0n) is 8.77. The van der Waals surface area contributed by atoms with Crippen molar-refractivity contribution in [1.29, 1.82) is 0 Å². The molecule has 0 unspecified atom stereocenters. The quantitative estimate of drug-likeness (QED) is 0.767. The van der Waals surface area contributed by atoms with Gasteiger partial charge in [0.1, 0.15) is 0 Å². The van der Waals surface area contributed by atoms with Gasteiger partial charge in [0.15, 0.2) is 0 Å². The number of carbonyl (C=O) groups excluding carboxylic acids is 2. The van der Waals surface area contributed by atoms with Crippen molar-refractivity contribution >= 4 is 28.6 Å². The van der Waals surface area contributed by atoms with E-state index < -0.39 is 0 Å². The van der Waals surface area contributed by atoms with Crippen LogP contribution in [0.5, 0.6) is 0 Å². The normalized spacial score (nSPS) is 20.5. The van der Waals surface area contributed by atoms with Crippen molar-refractivity contribution < 1.29 is 9.59 Å². The van der Waals surface area contributed by atoms with Crippen molar-refractivity contribution in [3.05, 3.63) is 46.4 Å². The number of carbonyl (C=O) groups is 2. The topological polar surface area (TPSA) is 58.5 Å². The molecule has 0 bridgehead atoms. The SMILES string of the molecule is O=C1NC(=O)/C(=C\C2=NCc3ccccc32)S1. The number of thioether (sulfide) groups is 1. The van der Waals surface area contributed by atoms with Crippen LogP contribution in [0.25, 0.3) is 0 Å². The molecule has 0 saturated carbocycles. The Morgan fingerprint density at radius 1 is 1.29 bits per heavy atom. The van der Waals surface area contributed by atoms with E-state index in [0.29, 0.717) is 11.4 Å². The summed E-state index contributed by atoms with van der Waals surface area (Å²) in [6.07, 6.45) is 1.68. The van der Waals surface area contributed by atoms with Crippen molar-refractivity contribution in [2.75, 3.05) is 0 Å². The molecule has 84 valence electrons. The number of nitrogens with one attached hydrogen (secondary N) is 1. The summed E-state index contributed by atoms with van der Waals surface area (Å²) < 4.78 is 0. The van der Waals surface area contributed by atoms with Crippen LogP contribution in [0.15, 0.2) is 40.2 Å². The lowest BCUT2D eigenvalue weighted by molar-refractivity contribution is -0.115. The highest BCUT2D eigenvalue weighted by molar-refractivity contribution is 8.18. The predicted molar refractivity (Wildman–Crippen MR) is 65.9 cm³/mol. The number of hydrogen-bond donors (Lipinski definition) is 1. The van der Waals surface area contributed by atoms with Gasteiger partial charge >= 0.3 is 0 Å². The monoisotopic (exact) mass is 244 g/mol. The van der Waals surface area contributed by atoms with Crippen LogP contribution in [-0.2, 0) is 11.3 Å². The molecule has 3 rings (SSSR count). The number of rotatable bonds is 1. The first-order valence-electron chi connectivity index (χ1n) is 5.11. The van der Waals surface area contributed by atoms with Crippen molar-refractivity contribution in [3.63, 3.8) is 0 Å². The smallest absolute Gasteiger partial charge is 0.282 e. The largest absolute Gasteiger partial charge is 0.290 e. The van der Waals surface area contributed by atoms with Gasteiger partial charge in [0, 0.05) is 5.56 Å². The summed E-state index contributed by atoms with van der Waals surface area (Å²) in [4.78, 5) is 27.2. The van der Waals surface area contributed by atoms with Crippen LogP contribution < -0.4 is 5.32 Å². The molecule has 0 spiro atoms. The molecule has 1 N–H and O–H groups in total. The summed E-state index contributed by atoms with van der Waals surface area (Å²) in [6.45, 7) is 0.634. The van der Waals surface area contributed by atoms with Crippen LogP contribution >= 0.6 is 11.8 Å². The number of fused-ring (bicyclic) bond motifs is 1. The highest BCUT2D eigenvalue weighted by Gasteiger charge is 2.26. The fourth-order valence-corrected chi connectivity index (χ4v) is 2.49. The second-order valence-corrected chi connectivity index (χ2v) is 4.73. The Morgan fingerprint density at radius 2 is 2.12 bits per heavy atom. The van der Waals surface area contributed by atoms with Gasteiger partial charge < -0.3 is 0 Å². The fraction of sp³-hybridized carbons (Fsp3) is 0.0833. The minimum absolute atomic E-state index is 0.326. The Kier molecular flexibility index (Phi) is 2.33. The first kappa shape index (κ1) is 10.3. The van der Waals surface area contributed by atoms with E-state index in [2.05, 4.69) is 10.3 Å². The van der Waals surface area contributed by atoms with Gasteiger partial charge in [0.2, 0.25) is 0 Å². The van der Waals surface area contributed by atoms with Crippen molar-refractivity contribution in [1.82, 2.24) is 5.32 Å². The maximum atomic E-state index is 11.4. The molecular formula is C12H8N2O2S. The lowest BCUT2D eigenvalue weighted by Crippen LogP contribution is -2.18. The molecule has 2 aliphatic rings. The van der Waals surface area contributed by atoms with Crippen LogP contribution in [-0.4, -0.2) is 16.9 Å². The number of imide groups is 1. The third kappa shape index (κ3) is 1.78. The first-order chi connectivity index (χ1) is 8.24. The molecular weight excluding hydrogens is 236 g/mol. The number of amides is 2. The summed E-state index contributed by atoms with van der Waals surface area (Å²) in [7, 11) is 0. The standard InChI is InChI=1S/C12H8N2O2S/c15-11-10(17-12(16)14-11)5-9-8-4-2-1-3-7(8)6-13-9/h1-5H,6H2,(H,14,15,16)/b10-5+. The zero-order valence-corrected chi connectivity index (χ0v) is 9.58. The molecule has 0 aromatic heterocycles. The number of hydrogen-bond acceptors (Lipinski definition) is 4. The van der Waals surface area contributed by atoms with E-state index in [1.165, 1.54) is 0 Å². The van der Waals surface area contributed by atoms with Crippen LogP contribution in [0.4, 0.5) is 4.79 Å². The Bertz CT molecular complexity index is 590. The van der Waals surface area contributed by atoms with Crippen molar-refractivity contribution in [3.8, 4) is 0 Å². The molecule has 1 fully saturated rings. The van der Waals surface area contributed by atoms with Gasteiger partial charge in [0.05, 0.1) is 17.2 Å². The average molecular weight is 244 g/mol. The fourth-order valence-electron chi connectivity index (χ4n) is 1.83. The summed E-state index contributed by atoms with van der Waals surface area (Å²) >= 11 is 0.916. The summed E-state index contributed by atoms with van der Waals surface area (Å²) in [5.74, 6) is -0.341. The number of allylic oxidation sites excluding steroid dienone is 1. The molecule has 0 aliphatic carbocycles. The third-order valence-electron chi connectivity index (χ3n) is 2.62. The Morgan fingerprint density at radius 3 is 2.88 bits per heavy atom. The molecule has 2 aliphatic heterocycles. The Hall–Kier alpha value is -1.88. The van der Waals surface area contributed by atoms with E-state index in [0.717, 1.165) is 28.6 Å². The lowest BCUT2D eigenvalue weighted by Gasteiger charge is -1.98. The molecule has 2 amide bonds. The van der Waals surface area contributed by atoms with E-state index >= 15 is 0 Å². The van der Waals surface area contributed by atoms with Gasteiger partial charge in [-0.05, 0) is 23.4 Å². The summed E-state index contributed by atoms with van der Waals surface area (Å²) in [6, 6.07) is 7.88. The number of benzene rings is 1. The van der Waals surface area contributed by atoms with Gasteiger partial charge in [0.25, 0.3) is 11.1 Å². The second-order valence-electron chi connectivity index (χ2n) is 3.71. The third-order valence-corrected chi connectivity index (χ3v) is 3.43. The molecule has 4 nitrogen and oxygen atoms in total. The number of aliphatic imine (C=N–C) groups is 1. The lowest BCUT2D eigenvalue weighted by atomic mass is 10.1. The van der Waals surface area contributed by atoms with Gasteiger partial charge in [-0.15, -0.1) is 0 Å². The highest BCUT2D eigenvalue weighted by atomic mass is 32.2. The number of nitrogens with zero attached hydrogens (tertiary/aromatic N) is 1. The Balaban J connectivity index is 1.96.